The summed E-state index contributed by atoms with van der Waals surface area (Å²) in [6, 6.07) is 3.72. The first-order valence-electron chi connectivity index (χ1n) is 5.38. The number of aliphatic carboxylic acids is 1. The molecule has 0 radical (unpaired) electrons. The molecule has 0 heterocycles. The molecule has 1 rings (SSSR count). The molecule has 0 spiro atoms. The molecule has 0 aliphatic heterocycles. The SMILES string of the molecule is C=C(Cl)COc1c(C)cc(/C=C/C(=O)O)cc1C. The number of benzene rings is 1. The minimum atomic E-state index is -0.968. The zero-order valence-electron chi connectivity index (χ0n) is 10.4. The number of rotatable bonds is 5. The van der Waals surface area contributed by atoms with Gasteiger partial charge in [0.05, 0.1) is 0 Å². The number of aryl methyl sites for hydroxylation is 2. The maximum atomic E-state index is 10.5. The van der Waals surface area contributed by atoms with Gasteiger partial charge in [0.1, 0.15) is 12.4 Å². The predicted molar refractivity (Wildman–Crippen MR) is 73.1 cm³/mol. The first-order valence-corrected chi connectivity index (χ1v) is 5.76. The van der Waals surface area contributed by atoms with Gasteiger partial charge in [-0.05, 0) is 48.7 Å². The quantitative estimate of drug-likeness (QED) is 0.830. The number of hydrogen-bond donors (Lipinski definition) is 1. The lowest BCUT2D eigenvalue weighted by atomic mass is 10.1. The normalized spacial score (nSPS) is 10.6. The Bertz CT molecular complexity index is 481. The van der Waals surface area contributed by atoms with Crippen LogP contribution in [0.4, 0.5) is 0 Å². The molecule has 1 aromatic rings. The Labute approximate surface area is 111 Å². The van der Waals surface area contributed by atoms with E-state index in [2.05, 4.69) is 6.58 Å². The van der Waals surface area contributed by atoms with Crippen LogP contribution in [0.2, 0.25) is 0 Å². The van der Waals surface area contributed by atoms with Crippen LogP contribution in [0.5, 0.6) is 5.75 Å². The second-order valence-corrected chi connectivity index (χ2v) is 4.50. The Morgan fingerprint density at radius 1 is 1.44 bits per heavy atom. The van der Waals surface area contributed by atoms with Gasteiger partial charge in [-0.2, -0.15) is 0 Å². The molecule has 18 heavy (non-hydrogen) atoms. The van der Waals surface area contributed by atoms with Gasteiger partial charge in [-0.3, -0.25) is 0 Å². The van der Waals surface area contributed by atoms with Crippen LogP contribution >= 0.6 is 11.6 Å². The largest absolute Gasteiger partial charge is 0.487 e. The topological polar surface area (TPSA) is 46.5 Å². The number of carboxylic acids is 1. The molecule has 0 fully saturated rings. The van der Waals surface area contributed by atoms with Crippen molar-refractivity contribution in [1.82, 2.24) is 0 Å². The Kier molecular flexibility index (Phi) is 4.98. The third-order valence-electron chi connectivity index (χ3n) is 2.27. The van der Waals surface area contributed by atoms with Crippen molar-refractivity contribution in [2.75, 3.05) is 6.61 Å². The van der Waals surface area contributed by atoms with Crippen molar-refractivity contribution in [1.29, 1.82) is 0 Å². The van der Waals surface area contributed by atoms with Crippen LogP contribution in [-0.2, 0) is 4.79 Å². The van der Waals surface area contributed by atoms with Gasteiger partial charge < -0.3 is 9.84 Å². The molecular weight excluding hydrogens is 252 g/mol. The van der Waals surface area contributed by atoms with Crippen LogP contribution in [-0.4, -0.2) is 17.7 Å². The average Bonchev–Trinajstić information content (AvgIpc) is 2.24. The molecule has 0 atom stereocenters. The highest BCUT2D eigenvalue weighted by Crippen LogP contribution is 2.26. The molecule has 1 aromatic carbocycles. The Morgan fingerprint density at radius 2 is 2.00 bits per heavy atom. The lowest BCUT2D eigenvalue weighted by Crippen LogP contribution is -2.00. The van der Waals surface area contributed by atoms with E-state index in [0.717, 1.165) is 28.5 Å². The Balaban J connectivity index is 2.97. The fourth-order valence-corrected chi connectivity index (χ4v) is 1.68. The predicted octanol–water partition coefficient (Wildman–Crippen LogP) is 3.53. The van der Waals surface area contributed by atoms with E-state index in [1.165, 1.54) is 0 Å². The van der Waals surface area contributed by atoms with E-state index in [1.807, 2.05) is 26.0 Å². The van der Waals surface area contributed by atoms with E-state index in [0.29, 0.717) is 5.03 Å². The average molecular weight is 267 g/mol. The van der Waals surface area contributed by atoms with Crippen LogP contribution in [0.1, 0.15) is 16.7 Å². The molecule has 0 amide bonds. The monoisotopic (exact) mass is 266 g/mol. The summed E-state index contributed by atoms with van der Waals surface area (Å²) in [6.45, 7) is 7.62. The summed E-state index contributed by atoms with van der Waals surface area (Å²) < 4.78 is 5.54. The van der Waals surface area contributed by atoms with Gasteiger partial charge in [0.25, 0.3) is 0 Å². The maximum Gasteiger partial charge on any atom is 0.328 e. The van der Waals surface area contributed by atoms with Crippen molar-refractivity contribution in [2.24, 2.45) is 0 Å². The van der Waals surface area contributed by atoms with Crippen molar-refractivity contribution >= 4 is 23.6 Å². The van der Waals surface area contributed by atoms with E-state index >= 15 is 0 Å². The van der Waals surface area contributed by atoms with Crippen LogP contribution in [0.3, 0.4) is 0 Å². The third-order valence-corrected chi connectivity index (χ3v) is 2.38. The number of carbonyl (C=O) groups is 1. The highest BCUT2D eigenvalue weighted by molar-refractivity contribution is 6.29. The molecule has 0 aliphatic carbocycles. The molecule has 0 bridgehead atoms. The number of ether oxygens (including phenoxy) is 1. The fraction of sp³-hybridized carbons (Fsp3) is 0.214. The van der Waals surface area contributed by atoms with Crippen molar-refractivity contribution < 1.29 is 14.6 Å². The highest BCUT2D eigenvalue weighted by atomic mass is 35.5. The maximum absolute atomic E-state index is 10.5. The van der Waals surface area contributed by atoms with E-state index in [9.17, 15) is 4.79 Å². The summed E-state index contributed by atoms with van der Waals surface area (Å²) in [5, 5.41) is 9.01. The van der Waals surface area contributed by atoms with Crippen LogP contribution in [0, 0.1) is 13.8 Å². The highest BCUT2D eigenvalue weighted by Gasteiger charge is 2.06. The van der Waals surface area contributed by atoms with Crippen LogP contribution in [0.15, 0.2) is 29.8 Å². The molecule has 0 aliphatic rings. The summed E-state index contributed by atoms with van der Waals surface area (Å²) in [5.41, 5.74) is 2.68. The molecule has 1 N–H and O–H groups in total. The second-order valence-electron chi connectivity index (χ2n) is 3.96. The molecule has 3 nitrogen and oxygen atoms in total. The molecule has 0 aromatic heterocycles. The summed E-state index contributed by atoms with van der Waals surface area (Å²) in [6.07, 6.45) is 2.65. The minimum Gasteiger partial charge on any atom is -0.487 e. The van der Waals surface area contributed by atoms with E-state index in [-0.39, 0.29) is 6.61 Å². The smallest absolute Gasteiger partial charge is 0.328 e. The van der Waals surface area contributed by atoms with Crippen molar-refractivity contribution in [2.45, 2.75) is 13.8 Å². The van der Waals surface area contributed by atoms with Crippen molar-refractivity contribution in [3.8, 4) is 5.75 Å². The van der Waals surface area contributed by atoms with Crippen molar-refractivity contribution in [3.63, 3.8) is 0 Å². The molecular formula is C14H15ClO3. The number of hydrogen-bond acceptors (Lipinski definition) is 2. The summed E-state index contributed by atoms with van der Waals surface area (Å²) in [7, 11) is 0. The zero-order chi connectivity index (χ0) is 13.7. The fourth-order valence-electron chi connectivity index (χ4n) is 1.63. The molecule has 96 valence electrons. The van der Waals surface area contributed by atoms with Gasteiger partial charge in [-0.25, -0.2) is 4.79 Å². The molecule has 0 saturated carbocycles. The van der Waals surface area contributed by atoms with Gasteiger partial charge in [0.2, 0.25) is 0 Å². The van der Waals surface area contributed by atoms with Gasteiger partial charge in [-0.1, -0.05) is 18.2 Å². The molecule has 4 heteroatoms. The van der Waals surface area contributed by atoms with Crippen molar-refractivity contribution in [3.05, 3.63) is 46.5 Å². The van der Waals surface area contributed by atoms with E-state index in [1.54, 1.807) is 6.08 Å². The number of carboxylic acid groups (broad SMARTS) is 1. The lowest BCUT2D eigenvalue weighted by Gasteiger charge is -2.12. The standard InChI is InChI=1S/C14H15ClO3/c1-9-6-12(4-5-13(16)17)7-10(2)14(9)18-8-11(3)15/h4-7H,3,8H2,1-2H3,(H,16,17)/b5-4+. The first-order chi connectivity index (χ1) is 8.40. The van der Waals surface area contributed by atoms with Gasteiger partial charge in [-0.15, -0.1) is 0 Å². The molecule has 0 saturated heterocycles. The second kappa shape index (κ2) is 6.26. The van der Waals surface area contributed by atoms with Gasteiger partial charge in [0.15, 0.2) is 0 Å². The van der Waals surface area contributed by atoms with Gasteiger partial charge in [0, 0.05) is 11.1 Å². The first kappa shape index (κ1) is 14.3. The summed E-state index contributed by atoms with van der Waals surface area (Å²) >= 11 is 5.65. The van der Waals surface area contributed by atoms with Crippen LogP contribution in [0.25, 0.3) is 6.08 Å². The number of halogens is 1. The van der Waals surface area contributed by atoms with Crippen LogP contribution < -0.4 is 4.74 Å². The molecule has 0 unspecified atom stereocenters. The Hall–Kier alpha value is -1.74. The third kappa shape index (κ3) is 4.26. The minimum absolute atomic E-state index is 0.257. The summed E-state index contributed by atoms with van der Waals surface area (Å²) in [4.78, 5) is 10.5. The summed E-state index contributed by atoms with van der Waals surface area (Å²) in [5.74, 6) is -0.214. The Morgan fingerprint density at radius 3 is 2.44 bits per heavy atom. The lowest BCUT2D eigenvalue weighted by molar-refractivity contribution is -0.131. The zero-order valence-corrected chi connectivity index (χ0v) is 11.1. The van der Waals surface area contributed by atoms with Gasteiger partial charge >= 0.3 is 5.97 Å². The van der Waals surface area contributed by atoms with E-state index < -0.39 is 5.97 Å². The van der Waals surface area contributed by atoms with E-state index in [4.69, 9.17) is 21.4 Å².